The molecule has 6 heteroatoms. The molecule has 6 nitrogen and oxygen atoms in total. The summed E-state index contributed by atoms with van der Waals surface area (Å²) in [6, 6.07) is 11.1. The summed E-state index contributed by atoms with van der Waals surface area (Å²) in [6.07, 6.45) is 4.32. The molecule has 3 rings (SSSR count). The van der Waals surface area contributed by atoms with Crippen LogP contribution in [0.3, 0.4) is 0 Å². The molecule has 2 atom stereocenters. The van der Waals surface area contributed by atoms with Gasteiger partial charge in [0.25, 0.3) is 0 Å². The summed E-state index contributed by atoms with van der Waals surface area (Å²) in [6.45, 7) is 5.65. The lowest BCUT2D eigenvalue weighted by Gasteiger charge is -2.25. The first-order valence-electron chi connectivity index (χ1n) is 8.96. The number of hydrogen-bond acceptors (Lipinski definition) is 6. The van der Waals surface area contributed by atoms with Crippen LogP contribution in [0.1, 0.15) is 40.0 Å². The molecule has 2 unspecified atom stereocenters. The molecule has 1 aromatic carbocycles. The highest BCUT2D eigenvalue weighted by Gasteiger charge is 2.36. The number of ether oxygens (including phenoxy) is 2. The lowest BCUT2D eigenvalue weighted by atomic mass is 10.0. The SMILES string of the molecule is CC(C)(C)OC(=O)C1CCCC1Nc1nccc(Oc2ccccc2)n1. The highest BCUT2D eigenvalue weighted by atomic mass is 16.6. The topological polar surface area (TPSA) is 73.3 Å². The molecule has 0 spiro atoms. The van der Waals surface area contributed by atoms with Gasteiger partial charge in [-0.3, -0.25) is 4.79 Å². The maximum absolute atomic E-state index is 12.4. The Kier molecular flexibility index (Phi) is 5.40. The van der Waals surface area contributed by atoms with Crippen molar-refractivity contribution in [1.82, 2.24) is 9.97 Å². The monoisotopic (exact) mass is 355 g/mol. The normalized spacial score (nSPS) is 19.8. The molecule has 1 N–H and O–H groups in total. The Hall–Kier alpha value is -2.63. The molecule has 2 aromatic rings. The van der Waals surface area contributed by atoms with Crippen LogP contribution in [0.2, 0.25) is 0 Å². The predicted octanol–water partition coefficient (Wildman–Crippen LogP) is 4.19. The number of carbonyl (C=O) groups is 1. The first kappa shape index (κ1) is 18.2. The molecular weight excluding hydrogens is 330 g/mol. The summed E-state index contributed by atoms with van der Waals surface area (Å²) in [5, 5.41) is 3.28. The fraction of sp³-hybridized carbons (Fsp3) is 0.450. The van der Waals surface area contributed by atoms with Crippen LogP contribution in [0.15, 0.2) is 42.6 Å². The van der Waals surface area contributed by atoms with Crippen LogP contribution in [-0.4, -0.2) is 27.6 Å². The average molecular weight is 355 g/mol. The van der Waals surface area contributed by atoms with Gasteiger partial charge < -0.3 is 14.8 Å². The number of hydrogen-bond donors (Lipinski definition) is 1. The quantitative estimate of drug-likeness (QED) is 0.811. The van der Waals surface area contributed by atoms with E-state index in [0.717, 1.165) is 19.3 Å². The van der Waals surface area contributed by atoms with Gasteiger partial charge >= 0.3 is 5.97 Å². The number of carbonyl (C=O) groups excluding carboxylic acids is 1. The Labute approximate surface area is 154 Å². The van der Waals surface area contributed by atoms with Crippen molar-refractivity contribution in [1.29, 1.82) is 0 Å². The van der Waals surface area contributed by atoms with Gasteiger partial charge in [0.15, 0.2) is 0 Å². The molecule has 0 amide bonds. The minimum Gasteiger partial charge on any atom is -0.460 e. The van der Waals surface area contributed by atoms with Gasteiger partial charge in [0.1, 0.15) is 11.4 Å². The molecule has 0 bridgehead atoms. The van der Waals surface area contributed by atoms with E-state index in [4.69, 9.17) is 9.47 Å². The first-order chi connectivity index (χ1) is 12.4. The molecule has 0 aliphatic heterocycles. The van der Waals surface area contributed by atoms with Crippen molar-refractivity contribution in [3.8, 4) is 11.6 Å². The van der Waals surface area contributed by atoms with Gasteiger partial charge in [-0.25, -0.2) is 4.98 Å². The Morgan fingerprint density at radius 1 is 1.15 bits per heavy atom. The predicted molar refractivity (Wildman–Crippen MR) is 99.1 cm³/mol. The molecule has 138 valence electrons. The molecule has 0 saturated heterocycles. The first-order valence-corrected chi connectivity index (χ1v) is 8.96. The van der Waals surface area contributed by atoms with Gasteiger partial charge in [-0.05, 0) is 45.7 Å². The molecule has 1 aliphatic carbocycles. The Morgan fingerprint density at radius 2 is 1.92 bits per heavy atom. The number of anilines is 1. The number of para-hydroxylation sites is 1. The van der Waals surface area contributed by atoms with Crippen LogP contribution in [0.25, 0.3) is 0 Å². The summed E-state index contributed by atoms with van der Waals surface area (Å²) in [4.78, 5) is 21.1. The standard InChI is InChI=1S/C20H25N3O3/c1-20(2,3)26-18(24)15-10-7-11-16(15)22-19-21-13-12-17(23-19)25-14-8-5-4-6-9-14/h4-6,8-9,12-13,15-16H,7,10-11H2,1-3H3,(H,21,22,23). The summed E-state index contributed by atoms with van der Waals surface area (Å²) in [7, 11) is 0. The number of nitrogens with zero attached hydrogens (tertiary/aromatic N) is 2. The van der Waals surface area contributed by atoms with Crippen LogP contribution in [-0.2, 0) is 9.53 Å². The number of benzene rings is 1. The zero-order chi connectivity index (χ0) is 18.6. The average Bonchev–Trinajstić information content (AvgIpc) is 3.03. The highest BCUT2D eigenvalue weighted by Crippen LogP contribution is 2.30. The maximum Gasteiger partial charge on any atom is 0.311 e. The van der Waals surface area contributed by atoms with E-state index in [2.05, 4.69) is 15.3 Å². The van der Waals surface area contributed by atoms with Crippen molar-refractivity contribution in [2.24, 2.45) is 5.92 Å². The number of rotatable bonds is 5. The molecule has 1 heterocycles. The molecule has 26 heavy (non-hydrogen) atoms. The second kappa shape index (κ2) is 7.72. The van der Waals surface area contributed by atoms with Gasteiger partial charge in [-0.2, -0.15) is 4.98 Å². The molecule has 1 aromatic heterocycles. The summed E-state index contributed by atoms with van der Waals surface area (Å²) < 4.78 is 11.3. The van der Waals surface area contributed by atoms with Crippen LogP contribution in [0, 0.1) is 5.92 Å². The highest BCUT2D eigenvalue weighted by molar-refractivity contribution is 5.74. The van der Waals surface area contributed by atoms with E-state index in [1.165, 1.54) is 0 Å². The van der Waals surface area contributed by atoms with Crippen LogP contribution in [0.4, 0.5) is 5.95 Å². The molecule has 1 saturated carbocycles. The van der Waals surface area contributed by atoms with E-state index in [1.807, 2.05) is 51.1 Å². The van der Waals surface area contributed by atoms with E-state index >= 15 is 0 Å². The summed E-state index contributed by atoms with van der Waals surface area (Å²) >= 11 is 0. The van der Waals surface area contributed by atoms with Crippen molar-refractivity contribution in [2.45, 2.75) is 51.7 Å². The van der Waals surface area contributed by atoms with Gasteiger partial charge in [-0.1, -0.05) is 24.6 Å². The third-order valence-electron chi connectivity index (χ3n) is 4.14. The summed E-state index contributed by atoms with van der Waals surface area (Å²) in [5.41, 5.74) is -0.482. The van der Waals surface area contributed by atoms with Gasteiger partial charge in [0, 0.05) is 18.3 Å². The fourth-order valence-electron chi connectivity index (χ4n) is 3.04. The van der Waals surface area contributed by atoms with Crippen LogP contribution >= 0.6 is 0 Å². The molecule has 1 fully saturated rings. The largest absolute Gasteiger partial charge is 0.460 e. The zero-order valence-corrected chi connectivity index (χ0v) is 15.4. The third kappa shape index (κ3) is 4.94. The zero-order valence-electron chi connectivity index (χ0n) is 15.4. The summed E-state index contributed by atoms with van der Waals surface area (Å²) in [5.74, 6) is 1.28. The van der Waals surface area contributed by atoms with E-state index in [-0.39, 0.29) is 17.9 Å². The maximum atomic E-state index is 12.4. The molecule has 1 aliphatic rings. The lowest BCUT2D eigenvalue weighted by molar-refractivity contribution is -0.159. The molecular formula is C20H25N3O3. The van der Waals surface area contributed by atoms with E-state index < -0.39 is 5.60 Å². The minimum atomic E-state index is -0.482. The number of nitrogens with one attached hydrogen (secondary N) is 1. The van der Waals surface area contributed by atoms with E-state index in [0.29, 0.717) is 17.6 Å². The fourth-order valence-corrected chi connectivity index (χ4v) is 3.04. The van der Waals surface area contributed by atoms with Crippen molar-refractivity contribution in [2.75, 3.05) is 5.32 Å². The number of esters is 1. The van der Waals surface area contributed by atoms with Gasteiger partial charge in [0.05, 0.1) is 5.92 Å². The van der Waals surface area contributed by atoms with Gasteiger partial charge in [0.2, 0.25) is 11.8 Å². The van der Waals surface area contributed by atoms with E-state index in [9.17, 15) is 4.79 Å². The third-order valence-corrected chi connectivity index (χ3v) is 4.14. The minimum absolute atomic E-state index is 0.0307. The van der Waals surface area contributed by atoms with Crippen molar-refractivity contribution < 1.29 is 14.3 Å². The van der Waals surface area contributed by atoms with Gasteiger partial charge in [-0.15, -0.1) is 0 Å². The van der Waals surface area contributed by atoms with Crippen LogP contribution < -0.4 is 10.1 Å². The second-order valence-corrected chi connectivity index (χ2v) is 7.46. The Morgan fingerprint density at radius 3 is 2.65 bits per heavy atom. The smallest absolute Gasteiger partial charge is 0.311 e. The number of aromatic nitrogens is 2. The van der Waals surface area contributed by atoms with E-state index in [1.54, 1.807) is 12.3 Å². The van der Waals surface area contributed by atoms with Crippen molar-refractivity contribution >= 4 is 11.9 Å². The van der Waals surface area contributed by atoms with Crippen LogP contribution in [0.5, 0.6) is 11.6 Å². The van der Waals surface area contributed by atoms with Crippen molar-refractivity contribution in [3.63, 3.8) is 0 Å². The molecule has 0 radical (unpaired) electrons. The van der Waals surface area contributed by atoms with Crippen molar-refractivity contribution in [3.05, 3.63) is 42.6 Å². The Bertz CT molecular complexity index is 743. The lowest BCUT2D eigenvalue weighted by Crippen LogP contribution is -2.35. The second-order valence-electron chi connectivity index (χ2n) is 7.46. The Balaban J connectivity index is 1.66.